The highest BCUT2D eigenvalue weighted by Gasteiger charge is 2.30. The molecule has 0 aliphatic heterocycles. The highest BCUT2D eigenvalue weighted by atomic mass is 32.2. The number of hydrogen-bond donors (Lipinski definition) is 1. The fourth-order valence-electron chi connectivity index (χ4n) is 1.12. The van der Waals surface area contributed by atoms with Crippen molar-refractivity contribution in [1.29, 1.82) is 0 Å². The van der Waals surface area contributed by atoms with Crippen molar-refractivity contribution in [2.24, 2.45) is 0 Å². The Morgan fingerprint density at radius 2 is 1.79 bits per heavy atom. The lowest BCUT2D eigenvalue weighted by molar-refractivity contribution is -0.0328. The van der Waals surface area contributed by atoms with Crippen molar-refractivity contribution in [3.63, 3.8) is 0 Å². The number of halogens is 3. The van der Waals surface area contributed by atoms with E-state index in [1.54, 1.807) is 19.9 Å². The number of aryl methyl sites for hydroxylation is 2. The fraction of sp³-hybridized carbons (Fsp3) is 0.333. The van der Waals surface area contributed by atoms with Crippen molar-refractivity contribution < 1.29 is 18.3 Å². The summed E-state index contributed by atoms with van der Waals surface area (Å²) in [6, 6.07) is 2.95. The van der Waals surface area contributed by atoms with Crippen molar-refractivity contribution in [2.45, 2.75) is 24.3 Å². The largest absolute Gasteiger partial charge is 0.506 e. The van der Waals surface area contributed by atoms with Crippen LogP contribution >= 0.6 is 11.8 Å². The van der Waals surface area contributed by atoms with E-state index >= 15 is 0 Å². The third-order valence-corrected chi connectivity index (χ3v) is 2.40. The predicted molar refractivity (Wildman–Crippen MR) is 49.5 cm³/mol. The average molecular weight is 222 g/mol. The first-order valence-electron chi connectivity index (χ1n) is 3.85. The van der Waals surface area contributed by atoms with E-state index in [0.29, 0.717) is 11.1 Å². The molecule has 0 saturated carbocycles. The summed E-state index contributed by atoms with van der Waals surface area (Å²) in [4.78, 5) is -0.144. The van der Waals surface area contributed by atoms with Crippen LogP contribution in [0.5, 0.6) is 5.75 Å². The second-order valence-corrected chi connectivity index (χ2v) is 4.08. The molecule has 0 amide bonds. The zero-order valence-electron chi connectivity index (χ0n) is 7.64. The number of aromatic hydroxyl groups is 1. The molecule has 0 saturated heterocycles. The van der Waals surface area contributed by atoms with Gasteiger partial charge in [-0.25, -0.2) is 0 Å². The van der Waals surface area contributed by atoms with Gasteiger partial charge in [0.25, 0.3) is 0 Å². The Hall–Kier alpha value is -0.840. The summed E-state index contributed by atoms with van der Waals surface area (Å²) >= 11 is -0.294. The molecular weight excluding hydrogens is 213 g/mol. The zero-order chi connectivity index (χ0) is 10.9. The van der Waals surface area contributed by atoms with Crippen LogP contribution in [0.15, 0.2) is 17.0 Å². The van der Waals surface area contributed by atoms with Gasteiger partial charge >= 0.3 is 5.51 Å². The molecule has 0 spiro atoms. The van der Waals surface area contributed by atoms with Gasteiger partial charge in [-0.15, -0.1) is 0 Å². The Morgan fingerprint density at radius 3 is 2.29 bits per heavy atom. The highest BCUT2D eigenvalue weighted by Crippen LogP contribution is 2.42. The molecule has 0 aliphatic rings. The molecule has 0 aromatic heterocycles. The molecule has 0 fully saturated rings. The molecule has 1 N–H and O–H groups in total. The van der Waals surface area contributed by atoms with Gasteiger partial charge in [0, 0.05) is 0 Å². The molecule has 0 heterocycles. The van der Waals surface area contributed by atoms with Crippen LogP contribution in [0.3, 0.4) is 0 Å². The molecule has 1 rings (SSSR count). The molecule has 78 valence electrons. The molecule has 0 radical (unpaired) electrons. The van der Waals surface area contributed by atoms with Gasteiger partial charge in [-0.3, -0.25) is 0 Å². The summed E-state index contributed by atoms with van der Waals surface area (Å²) in [7, 11) is 0. The topological polar surface area (TPSA) is 20.2 Å². The molecule has 5 heteroatoms. The van der Waals surface area contributed by atoms with Gasteiger partial charge in [-0.05, 0) is 42.8 Å². The molecule has 14 heavy (non-hydrogen) atoms. The first-order valence-corrected chi connectivity index (χ1v) is 4.67. The quantitative estimate of drug-likeness (QED) is 0.732. The number of alkyl halides is 3. The minimum atomic E-state index is -4.36. The van der Waals surface area contributed by atoms with Crippen LogP contribution in [0.25, 0.3) is 0 Å². The monoisotopic (exact) mass is 222 g/mol. The van der Waals surface area contributed by atoms with Gasteiger partial charge in [-0.1, -0.05) is 6.07 Å². The van der Waals surface area contributed by atoms with Gasteiger partial charge in [0.05, 0.1) is 4.90 Å². The van der Waals surface area contributed by atoms with Crippen LogP contribution in [-0.4, -0.2) is 10.6 Å². The van der Waals surface area contributed by atoms with E-state index < -0.39 is 5.51 Å². The molecular formula is C9H9F3OS. The number of hydrogen-bond acceptors (Lipinski definition) is 2. The van der Waals surface area contributed by atoms with Crippen LogP contribution in [0, 0.1) is 13.8 Å². The van der Waals surface area contributed by atoms with Crippen LogP contribution in [0.2, 0.25) is 0 Å². The zero-order valence-corrected chi connectivity index (χ0v) is 8.46. The van der Waals surface area contributed by atoms with Crippen molar-refractivity contribution in [1.82, 2.24) is 0 Å². The summed E-state index contributed by atoms with van der Waals surface area (Å²) in [5.74, 6) is -0.294. The number of phenols is 1. The summed E-state index contributed by atoms with van der Waals surface area (Å²) in [6.45, 7) is 3.26. The minimum absolute atomic E-state index is 0.144. The van der Waals surface area contributed by atoms with E-state index in [0.717, 1.165) is 0 Å². The minimum Gasteiger partial charge on any atom is -0.506 e. The molecule has 1 aromatic carbocycles. The van der Waals surface area contributed by atoms with Crippen LogP contribution in [0.4, 0.5) is 13.2 Å². The van der Waals surface area contributed by atoms with Crippen molar-refractivity contribution in [3.8, 4) is 5.75 Å². The Balaban J connectivity index is 3.09. The second-order valence-electron chi connectivity index (χ2n) is 2.98. The molecule has 0 atom stereocenters. The van der Waals surface area contributed by atoms with E-state index in [1.165, 1.54) is 6.07 Å². The number of rotatable bonds is 1. The van der Waals surface area contributed by atoms with Gasteiger partial charge < -0.3 is 5.11 Å². The van der Waals surface area contributed by atoms with Crippen molar-refractivity contribution in [3.05, 3.63) is 23.3 Å². The SMILES string of the molecule is Cc1cc(C)c(O)c(SC(F)(F)F)c1. The number of phenolic OH excluding ortho intramolecular Hbond substituents is 1. The molecule has 1 aromatic rings. The average Bonchev–Trinajstić information content (AvgIpc) is 1.96. The van der Waals surface area contributed by atoms with Crippen molar-refractivity contribution in [2.75, 3.05) is 0 Å². The number of thioether (sulfide) groups is 1. The van der Waals surface area contributed by atoms with Crippen LogP contribution in [0.1, 0.15) is 11.1 Å². The summed E-state index contributed by atoms with van der Waals surface area (Å²) in [6.07, 6.45) is 0. The van der Waals surface area contributed by atoms with Gasteiger partial charge in [0.15, 0.2) is 0 Å². The standard InChI is InChI=1S/C9H9F3OS/c1-5-3-6(2)8(13)7(4-5)14-9(10,11)12/h3-4,13H,1-2H3. The lowest BCUT2D eigenvalue weighted by Gasteiger charge is -2.10. The molecule has 0 aliphatic carbocycles. The Labute approximate surface area is 83.9 Å². The smallest absolute Gasteiger partial charge is 0.446 e. The van der Waals surface area contributed by atoms with E-state index in [1.807, 2.05) is 0 Å². The molecule has 0 unspecified atom stereocenters. The Morgan fingerprint density at radius 1 is 1.21 bits per heavy atom. The fourth-order valence-corrected chi connectivity index (χ4v) is 1.88. The maximum Gasteiger partial charge on any atom is 0.446 e. The maximum atomic E-state index is 12.0. The lowest BCUT2D eigenvalue weighted by atomic mass is 10.1. The summed E-state index contributed by atoms with van der Waals surface area (Å²) < 4.78 is 36.1. The van der Waals surface area contributed by atoms with Crippen LogP contribution in [-0.2, 0) is 0 Å². The molecule has 0 bridgehead atoms. The normalized spacial score (nSPS) is 11.8. The van der Waals surface area contributed by atoms with E-state index in [-0.39, 0.29) is 22.4 Å². The third-order valence-electron chi connectivity index (χ3n) is 1.64. The van der Waals surface area contributed by atoms with Crippen LogP contribution < -0.4 is 0 Å². The van der Waals surface area contributed by atoms with Gasteiger partial charge in [-0.2, -0.15) is 13.2 Å². The van der Waals surface area contributed by atoms with Gasteiger partial charge in [0.1, 0.15) is 5.75 Å². The summed E-state index contributed by atoms with van der Waals surface area (Å²) in [5, 5.41) is 9.36. The first-order chi connectivity index (χ1) is 6.29. The Kier molecular flexibility index (Phi) is 2.99. The second kappa shape index (κ2) is 3.73. The number of benzene rings is 1. The third kappa shape index (κ3) is 2.83. The molecule has 1 nitrogen and oxygen atoms in total. The lowest BCUT2D eigenvalue weighted by Crippen LogP contribution is -1.99. The van der Waals surface area contributed by atoms with E-state index in [4.69, 9.17) is 0 Å². The highest BCUT2D eigenvalue weighted by molar-refractivity contribution is 8.00. The van der Waals surface area contributed by atoms with Gasteiger partial charge in [0.2, 0.25) is 0 Å². The first kappa shape index (κ1) is 11.2. The predicted octanol–water partition coefficient (Wildman–Crippen LogP) is 3.62. The maximum absolute atomic E-state index is 12.0. The Bertz CT molecular complexity index is 347. The summed E-state index contributed by atoms with van der Waals surface area (Å²) in [5.41, 5.74) is -3.21. The van der Waals surface area contributed by atoms with E-state index in [2.05, 4.69) is 0 Å². The van der Waals surface area contributed by atoms with E-state index in [9.17, 15) is 18.3 Å². The van der Waals surface area contributed by atoms with Crippen molar-refractivity contribution >= 4 is 11.8 Å².